The number of halogens is 1. The minimum atomic E-state index is 0. The van der Waals surface area contributed by atoms with Crippen LogP contribution in [0.3, 0.4) is 0 Å². The molecule has 0 spiro atoms. The van der Waals surface area contributed by atoms with Gasteiger partial charge < -0.3 is 15.2 Å². The highest BCUT2D eigenvalue weighted by Gasteiger charge is 2.29. The molecular formula is C18H30ClN3O2. The molecule has 0 saturated carbocycles. The van der Waals surface area contributed by atoms with Crippen molar-refractivity contribution in [3.8, 4) is 0 Å². The van der Waals surface area contributed by atoms with Crippen LogP contribution in [0.25, 0.3) is 0 Å². The van der Waals surface area contributed by atoms with Gasteiger partial charge >= 0.3 is 0 Å². The molecule has 0 radical (unpaired) electrons. The number of nitrogens with one attached hydrogen (secondary N) is 2. The van der Waals surface area contributed by atoms with E-state index in [1.807, 2.05) is 18.7 Å². The molecule has 1 fully saturated rings. The summed E-state index contributed by atoms with van der Waals surface area (Å²) in [7, 11) is 0. The van der Waals surface area contributed by atoms with Gasteiger partial charge in [-0.25, -0.2) is 0 Å². The van der Waals surface area contributed by atoms with Crippen LogP contribution in [0.1, 0.15) is 72.1 Å². The molecule has 24 heavy (non-hydrogen) atoms. The van der Waals surface area contributed by atoms with Crippen molar-refractivity contribution in [3.05, 3.63) is 22.5 Å². The largest absolute Gasteiger partial charge is 0.354 e. The lowest BCUT2D eigenvalue weighted by Gasteiger charge is -2.34. The fourth-order valence-corrected chi connectivity index (χ4v) is 3.64. The van der Waals surface area contributed by atoms with E-state index in [9.17, 15) is 9.59 Å². The molecule has 136 valence electrons. The van der Waals surface area contributed by atoms with E-state index in [1.165, 1.54) is 0 Å². The number of aryl methyl sites for hydroxylation is 1. The van der Waals surface area contributed by atoms with Crippen LogP contribution in [-0.4, -0.2) is 47.3 Å². The van der Waals surface area contributed by atoms with E-state index < -0.39 is 0 Å². The van der Waals surface area contributed by atoms with Gasteiger partial charge in [-0.3, -0.25) is 9.59 Å². The van der Waals surface area contributed by atoms with Crippen LogP contribution in [0.15, 0.2) is 0 Å². The highest BCUT2D eigenvalue weighted by molar-refractivity contribution is 6.02. The molecule has 2 rings (SSSR count). The molecule has 0 aromatic carbocycles. The Kier molecular flexibility index (Phi) is 7.97. The van der Waals surface area contributed by atoms with Crippen molar-refractivity contribution >= 4 is 24.1 Å². The lowest BCUT2D eigenvalue weighted by molar-refractivity contribution is 0.0636. The zero-order valence-electron chi connectivity index (χ0n) is 15.2. The lowest BCUT2D eigenvalue weighted by Crippen LogP contribution is -2.46. The third-order valence-electron chi connectivity index (χ3n) is 4.69. The predicted molar refractivity (Wildman–Crippen MR) is 99.4 cm³/mol. The number of nitrogens with zero attached hydrogens (tertiary/aromatic N) is 1. The molecule has 0 unspecified atom stereocenters. The molecule has 1 aromatic rings. The minimum Gasteiger partial charge on any atom is -0.354 e. The van der Waals surface area contributed by atoms with Crippen molar-refractivity contribution < 1.29 is 9.59 Å². The molecule has 0 aliphatic carbocycles. The van der Waals surface area contributed by atoms with Crippen molar-refractivity contribution in [2.24, 2.45) is 0 Å². The van der Waals surface area contributed by atoms with Gasteiger partial charge in [-0.15, -0.1) is 12.4 Å². The summed E-state index contributed by atoms with van der Waals surface area (Å²) in [5.74, 6) is 0.0738. The van der Waals surface area contributed by atoms with E-state index in [-0.39, 0.29) is 30.1 Å². The lowest BCUT2D eigenvalue weighted by atomic mass is 10.0. The Bertz CT molecular complexity index is 577. The van der Waals surface area contributed by atoms with Crippen molar-refractivity contribution in [2.75, 3.05) is 19.6 Å². The monoisotopic (exact) mass is 355 g/mol. The fourth-order valence-electron chi connectivity index (χ4n) is 3.64. The van der Waals surface area contributed by atoms with Crippen molar-refractivity contribution in [1.29, 1.82) is 0 Å². The number of rotatable bonds is 6. The number of carbonyl (C=O) groups is 2. The predicted octanol–water partition coefficient (Wildman–Crippen LogP) is 3.11. The topological polar surface area (TPSA) is 65.2 Å². The number of hydrogen-bond donors (Lipinski definition) is 2. The minimum absolute atomic E-state index is 0. The van der Waals surface area contributed by atoms with E-state index in [1.54, 1.807) is 6.92 Å². The molecule has 1 aromatic heterocycles. The third kappa shape index (κ3) is 4.19. The molecule has 0 bridgehead atoms. The Labute approximate surface area is 151 Å². The van der Waals surface area contributed by atoms with Crippen LogP contribution in [-0.2, 0) is 6.42 Å². The van der Waals surface area contributed by atoms with Gasteiger partial charge in [-0.2, -0.15) is 0 Å². The Morgan fingerprint density at radius 3 is 2.33 bits per heavy atom. The number of carbonyl (C=O) groups excluding carboxylic acids is 2. The molecule has 1 aliphatic heterocycles. The number of aromatic nitrogens is 1. The van der Waals surface area contributed by atoms with Crippen LogP contribution in [0, 0.1) is 6.92 Å². The van der Waals surface area contributed by atoms with E-state index in [4.69, 9.17) is 0 Å². The summed E-state index contributed by atoms with van der Waals surface area (Å²) in [6, 6.07) is 0.290. The first kappa shape index (κ1) is 20.7. The van der Waals surface area contributed by atoms with E-state index in [2.05, 4.69) is 17.2 Å². The van der Waals surface area contributed by atoms with Crippen molar-refractivity contribution in [1.82, 2.24) is 15.2 Å². The standard InChI is InChI=1S/C18H29N3O2.ClH/c1-5-11-21(14-7-9-19-10-8-14)18(23)17-15(6-2)16(13(4)22)12(3)20-17;/h14,19-20H,5-11H2,1-4H3;1H. The number of amides is 1. The summed E-state index contributed by atoms with van der Waals surface area (Å²) in [4.78, 5) is 30.3. The second-order valence-corrected chi connectivity index (χ2v) is 6.37. The summed E-state index contributed by atoms with van der Waals surface area (Å²) in [5, 5.41) is 3.35. The summed E-state index contributed by atoms with van der Waals surface area (Å²) < 4.78 is 0. The highest BCUT2D eigenvalue weighted by Crippen LogP contribution is 2.24. The normalized spacial score (nSPS) is 15.0. The molecule has 1 amide bonds. The van der Waals surface area contributed by atoms with Gasteiger partial charge in [0, 0.05) is 23.8 Å². The zero-order chi connectivity index (χ0) is 17.0. The number of piperidine rings is 1. The van der Waals surface area contributed by atoms with Crippen molar-refractivity contribution in [2.45, 2.75) is 59.4 Å². The molecule has 2 heterocycles. The van der Waals surface area contributed by atoms with E-state index in [0.29, 0.717) is 17.7 Å². The summed E-state index contributed by atoms with van der Waals surface area (Å²) in [6.45, 7) is 10.2. The molecule has 2 N–H and O–H groups in total. The maximum absolute atomic E-state index is 13.2. The fraction of sp³-hybridized carbons (Fsp3) is 0.667. The summed E-state index contributed by atoms with van der Waals surface area (Å²) in [6.07, 6.45) is 3.61. The van der Waals surface area contributed by atoms with E-state index >= 15 is 0 Å². The Hall–Kier alpha value is -1.33. The molecule has 1 saturated heterocycles. The Morgan fingerprint density at radius 1 is 1.21 bits per heavy atom. The van der Waals surface area contributed by atoms with Crippen LogP contribution >= 0.6 is 12.4 Å². The SMILES string of the molecule is CCCN(C(=O)c1[nH]c(C)c(C(C)=O)c1CC)C1CCNCC1.Cl. The van der Waals surface area contributed by atoms with Gasteiger partial charge in [0.2, 0.25) is 0 Å². The van der Waals surface area contributed by atoms with Gasteiger partial charge in [0.15, 0.2) is 5.78 Å². The average Bonchev–Trinajstić information content (AvgIpc) is 2.89. The van der Waals surface area contributed by atoms with Gasteiger partial charge in [0.1, 0.15) is 5.69 Å². The van der Waals surface area contributed by atoms with Crippen LogP contribution in [0.5, 0.6) is 0 Å². The average molecular weight is 356 g/mol. The van der Waals surface area contributed by atoms with Crippen LogP contribution in [0.2, 0.25) is 0 Å². The molecular weight excluding hydrogens is 326 g/mol. The smallest absolute Gasteiger partial charge is 0.270 e. The molecule has 0 atom stereocenters. The summed E-state index contributed by atoms with van der Waals surface area (Å²) >= 11 is 0. The van der Waals surface area contributed by atoms with Crippen LogP contribution < -0.4 is 5.32 Å². The maximum Gasteiger partial charge on any atom is 0.270 e. The number of hydrogen-bond acceptors (Lipinski definition) is 3. The number of ketones is 1. The molecule has 6 heteroatoms. The highest BCUT2D eigenvalue weighted by atomic mass is 35.5. The zero-order valence-corrected chi connectivity index (χ0v) is 16.0. The first-order chi connectivity index (χ1) is 11.0. The van der Waals surface area contributed by atoms with Gasteiger partial charge in [0.05, 0.1) is 0 Å². The Balaban J connectivity index is 0.00000288. The quantitative estimate of drug-likeness (QED) is 0.770. The van der Waals surface area contributed by atoms with Crippen molar-refractivity contribution in [3.63, 3.8) is 0 Å². The first-order valence-electron chi connectivity index (χ1n) is 8.75. The van der Waals surface area contributed by atoms with Gasteiger partial charge in [-0.05, 0) is 58.2 Å². The maximum atomic E-state index is 13.2. The van der Waals surface area contributed by atoms with E-state index in [0.717, 1.165) is 50.2 Å². The molecule has 5 nitrogen and oxygen atoms in total. The number of aromatic amines is 1. The number of Topliss-reactive ketones (excluding diaryl/α,β-unsaturated/α-hetero) is 1. The van der Waals surface area contributed by atoms with Crippen LogP contribution in [0.4, 0.5) is 0 Å². The molecule has 1 aliphatic rings. The van der Waals surface area contributed by atoms with Gasteiger partial charge in [0.25, 0.3) is 5.91 Å². The number of H-pyrrole nitrogens is 1. The first-order valence-corrected chi connectivity index (χ1v) is 8.75. The van der Waals surface area contributed by atoms with Gasteiger partial charge in [-0.1, -0.05) is 13.8 Å². The third-order valence-corrected chi connectivity index (χ3v) is 4.69. The Morgan fingerprint density at radius 2 is 1.83 bits per heavy atom. The second kappa shape index (κ2) is 9.23. The second-order valence-electron chi connectivity index (χ2n) is 6.37. The summed E-state index contributed by atoms with van der Waals surface area (Å²) in [5.41, 5.74) is 2.98.